The van der Waals surface area contributed by atoms with Crippen LogP contribution < -0.4 is 0 Å². The van der Waals surface area contributed by atoms with Crippen LogP contribution >= 0.6 is 23.5 Å². The van der Waals surface area contributed by atoms with Crippen LogP contribution in [-0.4, -0.2) is 24.0 Å². The van der Waals surface area contributed by atoms with Crippen LogP contribution in [0, 0.1) is 5.41 Å². The average molecular weight is 249 g/mol. The predicted octanol–water partition coefficient (Wildman–Crippen LogP) is 5.08. The summed E-state index contributed by atoms with van der Waals surface area (Å²) >= 11 is 4.07. The van der Waals surface area contributed by atoms with E-state index in [1.54, 1.807) is 0 Å². The SMILES string of the molecule is CCCCC(CCCC)(CSC)CSC. The van der Waals surface area contributed by atoms with Crippen molar-refractivity contribution in [2.75, 3.05) is 24.0 Å². The molecule has 2 heteroatoms. The molecule has 0 amide bonds. The molecule has 0 aromatic carbocycles. The molecule has 0 radical (unpaired) electrons. The molecule has 15 heavy (non-hydrogen) atoms. The van der Waals surface area contributed by atoms with E-state index < -0.39 is 0 Å². The summed E-state index contributed by atoms with van der Waals surface area (Å²) in [5, 5.41) is 0. The summed E-state index contributed by atoms with van der Waals surface area (Å²) < 4.78 is 0. The second kappa shape index (κ2) is 9.89. The molecule has 0 aromatic heterocycles. The fourth-order valence-electron chi connectivity index (χ4n) is 2.17. The molecule has 0 bridgehead atoms. The Bertz CT molecular complexity index is 118. The molecule has 92 valence electrons. The molecule has 0 rings (SSSR count). The summed E-state index contributed by atoms with van der Waals surface area (Å²) in [6.07, 6.45) is 12.9. The Balaban J connectivity index is 4.26. The average Bonchev–Trinajstić information content (AvgIpc) is 2.24. The van der Waals surface area contributed by atoms with Gasteiger partial charge in [0, 0.05) is 0 Å². The maximum absolute atomic E-state index is 2.31. The quantitative estimate of drug-likeness (QED) is 0.529. The van der Waals surface area contributed by atoms with Gasteiger partial charge < -0.3 is 0 Å². The molecule has 0 nitrogen and oxygen atoms in total. The van der Waals surface area contributed by atoms with Crippen LogP contribution in [0.3, 0.4) is 0 Å². The van der Waals surface area contributed by atoms with Crippen LogP contribution in [0.25, 0.3) is 0 Å². The summed E-state index contributed by atoms with van der Waals surface area (Å²) in [6.45, 7) is 4.62. The maximum Gasteiger partial charge on any atom is -0.000568 e. The standard InChI is InChI=1S/C13H28S2/c1-5-7-9-13(11-14-3,12-15-4)10-8-6-2/h5-12H2,1-4H3. The summed E-state index contributed by atoms with van der Waals surface area (Å²) in [6, 6.07) is 0. The Morgan fingerprint density at radius 1 is 0.800 bits per heavy atom. The Hall–Kier alpha value is 0.700. The second-order valence-electron chi connectivity index (χ2n) is 4.57. The first-order valence-electron chi connectivity index (χ1n) is 6.22. The van der Waals surface area contributed by atoms with Gasteiger partial charge in [0.05, 0.1) is 0 Å². The van der Waals surface area contributed by atoms with E-state index in [4.69, 9.17) is 0 Å². The van der Waals surface area contributed by atoms with Crippen molar-refractivity contribution in [3.8, 4) is 0 Å². The van der Waals surface area contributed by atoms with Crippen molar-refractivity contribution in [2.24, 2.45) is 5.41 Å². The van der Waals surface area contributed by atoms with Gasteiger partial charge in [-0.15, -0.1) is 0 Å². The third kappa shape index (κ3) is 6.78. The fourth-order valence-corrected chi connectivity index (χ4v) is 4.31. The first kappa shape index (κ1) is 15.7. The molecule has 0 fully saturated rings. The zero-order valence-electron chi connectivity index (χ0n) is 11.0. The lowest BCUT2D eigenvalue weighted by Gasteiger charge is -2.33. The van der Waals surface area contributed by atoms with Crippen LogP contribution in [-0.2, 0) is 0 Å². The zero-order valence-corrected chi connectivity index (χ0v) is 12.6. The summed E-state index contributed by atoms with van der Waals surface area (Å²) in [7, 11) is 0. The highest BCUT2D eigenvalue weighted by Gasteiger charge is 2.27. The van der Waals surface area contributed by atoms with E-state index in [-0.39, 0.29) is 0 Å². The topological polar surface area (TPSA) is 0 Å². The first-order valence-corrected chi connectivity index (χ1v) is 9.01. The molecule has 0 saturated carbocycles. The highest BCUT2D eigenvalue weighted by Crippen LogP contribution is 2.36. The zero-order chi connectivity index (χ0) is 11.6. The minimum absolute atomic E-state index is 0.630. The Labute approximate surface area is 105 Å². The van der Waals surface area contributed by atoms with Gasteiger partial charge in [0.1, 0.15) is 0 Å². The number of rotatable bonds is 10. The molecule has 0 aromatic rings. The van der Waals surface area contributed by atoms with Crippen LogP contribution in [0.2, 0.25) is 0 Å². The largest absolute Gasteiger partial charge is 0.165 e. The van der Waals surface area contributed by atoms with Crippen molar-refractivity contribution in [1.82, 2.24) is 0 Å². The molecule has 0 heterocycles. The van der Waals surface area contributed by atoms with Gasteiger partial charge in [-0.1, -0.05) is 39.5 Å². The molecular weight excluding hydrogens is 220 g/mol. The van der Waals surface area contributed by atoms with Gasteiger partial charge in [0.2, 0.25) is 0 Å². The van der Waals surface area contributed by atoms with Crippen molar-refractivity contribution in [2.45, 2.75) is 52.4 Å². The monoisotopic (exact) mass is 248 g/mol. The van der Waals surface area contributed by atoms with Crippen LogP contribution in [0.5, 0.6) is 0 Å². The minimum Gasteiger partial charge on any atom is -0.165 e. The lowest BCUT2D eigenvalue weighted by atomic mass is 9.82. The van der Waals surface area contributed by atoms with E-state index in [2.05, 4.69) is 26.4 Å². The normalized spacial score (nSPS) is 12.0. The molecule has 0 N–H and O–H groups in total. The van der Waals surface area contributed by atoms with E-state index in [0.29, 0.717) is 5.41 Å². The van der Waals surface area contributed by atoms with Crippen molar-refractivity contribution in [1.29, 1.82) is 0 Å². The summed E-state index contributed by atoms with van der Waals surface area (Å²) in [4.78, 5) is 0. The highest BCUT2D eigenvalue weighted by molar-refractivity contribution is 7.99. The van der Waals surface area contributed by atoms with Gasteiger partial charge in [-0.05, 0) is 42.3 Å². The van der Waals surface area contributed by atoms with E-state index in [9.17, 15) is 0 Å². The number of hydrogen-bond donors (Lipinski definition) is 0. The smallest absolute Gasteiger partial charge is 0.000568 e. The van der Waals surface area contributed by atoms with E-state index in [1.165, 1.54) is 50.0 Å². The van der Waals surface area contributed by atoms with Crippen molar-refractivity contribution < 1.29 is 0 Å². The van der Waals surface area contributed by atoms with Gasteiger partial charge in [-0.2, -0.15) is 23.5 Å². The van der Waals surface area contributed by atoms with Gasteiger partial charge >= 0.3 is 0 Å². The van der Waals surface area contributed by atoms with E-state index in [1.807, 2.05) is 23.5 Å². The number of unbranched alkanes of at least 4 members (excludes halogenated alkanes) is 2. The van der Waals surface area contributed by atoms with E-state index >= 15 is 0 Å². The maximum atomic E-state index is 2.31. The lowest BCUT2D eigenvalue weighted by molar-refractivity contribution is 0.305. The molecular formula is C13H28S2. The second-order valence-corrected chi connectivity index (χ2v) is 6.31. The van der Waals surface area contributed by atoms with E-state index in [0.717, 1.165) is 0 Å². The van der Waals surface area contributed by atoms with Gasteiger partial charge in [0.25, 0.3) is 0 Å². The molecule has 0 atom stereocenters. The van der Waals surface area contributed by atoms with Gasteiger partial charge in [0.15, 0.2) is 0 Å². The molecule has 0 unspecified atom stereocenters. The Morgan fingerprint density at radius 3 is 1.47 bits per heavy atom. The van der Waals surface area contributed by atoms with Crippen LogP contribution in [0.1, 0.15) is 52.4 Å². The van der Waals surface area contributed by atoms with Crippen LogP contribution in [0.4, 0.5) is 0 Å². The van der Waals surface area contributed by atoms with Crippen molar-refractivity contribution in [3.05, 3.63) is 0 Å². The first-order chi connectivity index (χ1) is 7.24. The van der Waals surface area contributed by atoms with Crippen LogP contribution in [0.15, 0.2) is 0 Å². The van der Waals surface area contributed by atoms with Crippen molar-refractivity contribution in [3.63, 3.8) is 0 Å². The highest BCUT2D eigenvalue weighted by atomic mass is 32.2. The Kier molecular flexibility index (Phi) is 10.4. The summed E-state index contributed by atoms with van der Waals surface area (Å²) in [5.41, 5.74) is 0.630. The fraction of sp³-hybridized carbons (Fsp3) is 1.00. The number of hydrogen-bond acceptors (Lipinski definition) is 2. The molecule has 0 spiro atoms. The number of thioether (sulfide) groups is 2. The molecule has 0 saturated heterocycles. The minimum atomic E-state index is 0.630. The third-order valence-electron chi connectivity index (χ3n) is 3.02. The molecule has 0 aliphatic rings. The summed E-state index contributed by atoms with van der Waals surface area (Å²) in [5.74, 6) is 2.71. The third-order valence-corrected chi connectivity index (χ3v) is 4.82. The predicted molar refractivity (Wildman–Crippen MR) is 78.2 cm³/mol. The van der Waals surface area contributed by atoms with Gasteiger partial charge in [-0.25, -0.2) is 0 Å². The lowest BCUT2D eigenvalue weighted by Crippen LogP contribution is -2.27. The Morgan fingerprint density at radius 2 is 1.20 bits per heavy atom. The van der Waals surface area contributed by atoms with Crippen molar-refractivity contribution >= 4 is 23.5 Å². The molecule has 0 aliphatic heterocycles. The molecule has 0 aliphatic carbocycles. The van der Waals surface area contributed by atoms with Gasteiger partial charge in [-0.3, -0.25) is 0 Å².